The van der Waals surface area contributed by atoms with Crippen molar-refractivity contribution in [3.8, 4) is 17.0 Å². The van der Waals surface area contributed by atoms with Gasteiger partial charge >= 0.3 is 0 Å². The number of primary amides is 1. The summed E-state index contributed by atoms with van der Waals surface area (Å²) in [6.07, 6.45) is 3.87. The largest absolute Gasteiger partial charge is 0.489 e. The second kappa shape index (κ2) is 8.49. The first kappa shape index (κ1) is 18.6. The molecule has 1 heterocycles. The molecule has 0 aliphatic heterocycles. The molecule has 2 aromatic carbocycles. The smallest absolute Gasteiger partial charge is 0.248 e. The van der Waals surface area contributed by atoms with Crippen molar-refractivity contribution in [2.24, 2.45) is 5.73 Å². The van der Waals surface area contributed by atoms with E-state index in [9.17, 15) is 4.79 Å². The Bertz CT molecular complexity index is 951. The summed E-state index contributed by atoms with van der Waals surface area (Å²) < 4.78 is 6.05. The zero-order valence-corrected chi connectivity index (χ0v) is 15.7. The average Bonchev–Trinajstić information content (AvgIpc) is 2.67. The third-order valence-electron chi connectivity index (χ3n) is 4.50. The van der Waals surface area contributed by atoms with Crippen LogP contribution in [0, 0.1) is 6.92 Å². The van der Waals surface area contributed by atoms with Crippen LogP contribution in [0.3, 0.4) is 0 Å². The highest BCUT2D eigenvalue weighted by atomic mass is 16.5. The number of hydrogen-bond donors (Lipinski definition) is 1. The predicted octanol–water partition coefficient (Wildman–Crippen LogP) is 4.69. The quantitative estimate of drug-likeness (QED) is 0.665. The number of nitrogens with two attached hydrogens (primary N) is 1. The fourth-order valence-corrected chi connectivity index (χ4v) is 3.10. The zero-order valence-electron chi connectivity index (χ0n) is 15.7. The van der Waals surface area contributed by atoms with Crippen molar-refractivity contribution in [3.05, 3.63) is 83.0 Å². The number of hydrogen-bond acceptors (Lipinski definition) is 3. The molecule has 0 aliphatic carbocycles. The molecule has 27 heavy (non-hydrogen) atoms. The van der Waals surface area contributed by atoms with Crippen LogP contribution in [0.2, 0.25) is 0 Å². The van der Waals surface area contributed by atoms with E-state index in [4.69, 9.17) is 10.5 Å². The number of nitrogens with zero attached hydrogens (tertiary/aromatic N) is 1. The van der Waals surface area contributed by atoms with Gasteiger partial charge in [0.05, 0.1) is 5.69 Å². The Hall–Kier alpha value is -3.14. The molecule has 0 unspecified atom stereocenters. The van der Waals surface area contributed by atoms with E-state index in [-0.39, 0.29) is 0 Å². The van der Waals surface area contributed by atoms with E-state index in [1.54, 1.807) is 12.3 Å². The Morgan fingerprint density at radius 2 is 1.93 bits per heavy atom. The Labute approximate surface area is 160 Å². The number of amides is 1. The van der Waals surface area contributed by atoms with Crippen molar-refractivity contribution < 1.29 is 9.53 Å². The van der Waals surface area contributed by atoms with Crippen molar-refractivity contribution in [2.75, 3.05) is 0 Å². The molecule has 4 nitrogen and oxygen atoms in total. The maximum Gasteiger partial charge on any atom is 0.248 e. The number of para-hydroxylation sites is 1. The standard InChI is InChI=1S/C23H24N2O2/c1-3-6-18-7-4-5-8-22(18)27-15-17-11-12-25-21(14-17)19-9-10-20(23(24)26)16(2)13-19/h4-5,7-14H,3,6,15H2,1-2H3,(H2,24,26). The summed E-state index contributed by atoms with van der Waals surface area (Å²) in [5, 5.41) is 0. The topological polar surface area (TPSA) is 65.2 Å². The lowest BCUT2D eigenvalue weighted by molar-refractivity contribution is 0.0999. The van der Waals surface area contributed by atoms with E-state index < -0.39 is 5.91 Å². The van der Waals surface area contributed by atoms with Crippen LogP contribution in [0.1, 0.15) is 40.4 Å². The molecule has 0 aliphatic rings. The van der Waals surface area contributed by atoms with Crippen LogP contribution in [0.4, 0.5) is 0 Å². The maximum atomic E-state index is 11.4. The van der Waals surface area contributed by atoms with Crippen molar-refractivity contribution in [1.29, 1.82) is 0 Å². The third-order valence-corrected chi connectivity index (χ3v) is 4.50. The molecule has 3 rings (SSSR count). The second-order valence-corrected chi connectivity index (χ2v) is 6.59. The molecule has 0 radical (unpaired) electrons. The van der Waals surface area contributed by atoms with E-state index in [1.165, 1.54) is 5.56 Å². The fraction of sp³-hybridized carbons (Fsp3) is 0.217. The highest BCUT2D eigenvalue weighted by Gasteiger charge is 2.08. The lowest BCUT2D eigenvalue weighted by atomic mass is 10.0. The maximum absolute atomic E-state index is 11.4. The van der Waals surface area contributed by atoms with Gasteiger partial charge < -0.3 is 10.5 Å². The summed E-state index contributed by atoms with van der Waals surface area (Å²) in [5.41, 5.74) is 10.8. The molecule has 0 fully saturated rings. The Kier molecular flexibility index (Phi) is 5.87. The molecule has 1 aromatic heterocycles. The average molecular weight is 360 g/mol. The normalized spacial score (nSPS) is 10.6. The minimum Gasteiger partial charge on any atom is -0.489 e. The summed E-state index contributed by atoms with van der Waals surface area (Å²) in [4.78, 5) is 15.9. The van der Waals surface area contributed by atoms with Gasteiger partial charge in [0.2, 0.25) is 5.91 Å². The first-order valence-corrected chi connectivity index (χ1v) is 9.15. The molecule has 3 aromatic rings. The number of benzene rings is 2. The Balaban J connectivity index is 1.78. The van der Waals surface area contributed by atoms with Crippen LogP contribution in [0.25, 0.3) is 11.3 Å². The van der Waals surface area contributed by atoms with Gasteiger partial charge in [0.15, 0.2) is 0 Å². The van der Waals surface area contributed by atoms with Gasteiger partial charge in [-0.3, -0.25) is 9.78 Å². The summed E-state index contributed by atoms with van der Waals surface area (Å²) in [6.45, 7) is 4.52. The van der Waals surface area contributed by atoms with Crippen molar-refractivity contribution in [1.82, 2.24) is 4.98 Å². The van der Waals surface area contributed by atoms with Crippen LogP contribution in [0.5, 0.6) is 5.75 Å². The van der Waals surface area contributed by atoms with E-state index in [2.05, 4.69) is 18.0 Å². The second-order valence-electron chi connectivity index (χ2n) is 6.59. The minimum atomic E-state index is -0.417. The van der Waals surface area contributed by atoms with Gasteiger partial charge in [0.1, 0.15) is 12.4 Å². The molecule has 0 saturated carbocycles. The monoisotopic (exact) mass is 360 g/mol. The van der Waals surface area contributed by atoms with Crippen LogP contribution < -0.4 is 10.5 Å². The number of carbonyl (C=O) groups excluding carboxylic acids is 1. The van der Waals surface area contributed by atoms with Gasteiger partial charge in [-0.15, -0.1) is 0 Å². The summed E-state index contributed by atoms with van der Waals surface area (Å²) >= 11 is 0. The van der Waals surface area contributed by atoms with Crippen LogP contribution in [-0.2, 0) is 13.0 Å². The SMILES string of the molecule is CCCc1ccccc1OCc1ccnc(-c2ccc(C(N)=O)c(C)c2)c1. The molecule has 2 N–H and O–H groups in total. The molecule has 0 atom stereocenters. The minimum absolute atomic E-state index is 0.417. The molecular formula is C23H24N2O2. The van der Waals surface area contributed by atoms with Crippen molar-refractivity contribution in [3.63, 3.8) is 0 Å². The fourth-order valence-electron chi connectivity index (χ4n) is 3.10. The lowest BCUT2D eigenvalue weighted by Gasteiger charge is -2.12. The molecule has 1 amide bonds. The molecule has 0 saturated heterocycles. The summed E-state index contributed by atoms with van der Waals surface area (Å²) in [6, 6.07) is 17.7. The highest BCUT2D eigenvalue weighted by molar-refractivity contribution is 5.94. The summed E-state index contributed by atoms with van der Waals surface area (Å²) in [5.74, 6) is 0.513. The molecule has 0 bridgehead atoms. The van der Waals surface area contributed by atoms with Gasteiger partial charge in [0.25, 0.3) is 0 Å². The van der Waals surface area contributed by atoms with Gasteiger partial charge in [-0.25, -0.2) is 0 Å². The summed E-state index contributed by atoms with van der Waals surface area (Å²) in [7, 11) is 0. The van der Waals surface area contributed by atoms with Gasteiger partial charge in [-0.2, -0.15) is 0 Å². The van der Waals surface area contributed by atoms with Gasteiger partial charge in [0, 0.05) is 17.3 Å². The van der Waals surface area contributed by atoms with E-state index in [0.717, 1.165) is 41.0 Å². The van der Waals surface area contributed by atoms with Crippen molar-refractivity contribution >= 4 is 5.91 Å². The van der Waals surface area contributed by atoms with Gasteiger partial charge in [-0.05, 0) is 60.4 Å². The first-order chi connectivity index (χ1) is 13.1. The van der Waals surface area contributed by atoms with E-state index in [0.29, 0.717) is 12.2 Å². The first-order valence-electron chi connectivity index (χ1n) is 9.15. The molecule has 138 valence electrons. The number of pyridine rings is 1. The number of rotatable bonds is 7. The van der Waals surface area contributed by atoms with Crippen LogP contribution in [-0.4, -0.2) is 10.9 Å². The van der Waals surface area contributed by atoms with E-state index in [1.807, 2.05) is 49.4 Å². The van der Waals surface area contributed by atoms with E-state index >= 15 is 0 Å². The van der Waals surface area contributed by atoms with Crippen LogP contribution >= 0.6 is 0 Å². The third kappa shape index (κ3) is 4.53. The number of carbonyl (C=O) groups is 1. The molecule has 0 spiro atoms. The predicted molar refractivity (Wildman–Crippen MR) is 108 cm³/mol. The molecule has 4 heteroatoms. The van der Waals surface area contributed by atoms with Gasteiger partial charge in [-0.1, -0.05) is 37.6 Å². The number of aryl methyl sites for hydroxylation is 2. The Morgan fingerprint density at radius 3 is 2.67 bits per heavy atom. The number of ether oxygens (including phenoxy) is 1. The van der Waals surface area contributed by atoms with Crippen molar-refractivity contribution in [2.45, 2.75) is 33.3 Å². The van der Waals surface area contributed by atoms with Crippen LogP contribution in [0.15, 0.2) is 60.8 Å². The highest BCUT2D eigenvalue weighted by Crippen LogP contribution is 2.23. The zero-order chi connectivity index (χ0) is 19.2. The Morgan fingerprint density at radius 1 is 1.11 bits per heavy atom. The molecular weight excluding hydrogens is 336 g/mol. The lowest BCUT2D eigenvalue weighted by Crippen LogP contribution is -2.12. The number of aromatic nitrogens is 1.